The summed E-state index contributed by atoms with van der Waals surface area (Å²) in [5, 5.41) is 19.8. The number of carboxylic acid groups (broad SMARTS) is 1. The third-order valence-corrected chi connectivity index (χ3v) is 3.53. The summed E-state index contributed by atoms with van der Waals surface area (Å²) in [6.45, 7) is 1.95. The lowest BCUT2D eigenvalue weighted by molar-refractivity contribution is -0.384. The highest BCUT2D eigenvalue weighted by atomic mass is 16.6. The minimum Gasteiger partial charge on any atom is -0.478 e. The molecule has 2 rings (SSSR count). The molecule has 0 aliphatic carbocycles. The number of non-ortho nitro benzene ring substituents is 1. The van der Waals surface area contributed by atoms with Gasteiger partial charge in [0.2, 0.25) is 0 Å². The number of rotatable bonds is 4. The summed E-state index contributed by atoms with van der Waals surface area (Å²) in [4.78, 5) is 23.5. The van der Waals surface area contributed by atoms with Gasteiger partial charge in [-0.3, -0.25) is 10.1 Å². The minimum absolute atomic E-state index is 0.0451. The van der Waals surface area contributed by atoms with Gasteiger partial charge in [0.1, 0.15) is 0 Å². The van der Waals surface area contributed by atoms with Gasteiger partial charge in [-0.2, -0.15) is 0 Å². The van der Waals surface area contributed by atoms with Crippen LogP contribution in [0.1, 0.15) is 22.3 Å². The van der Waals surface area contributed by atoms with E-state index in [2.05, 4.69) is 4.90 Å². The molecule has 1 saturated heterocycles. The van der Waals surface area contributed by atoms with Crippen LogP contribution in [-0.4, -0.2) is 41.0 Å². The predicted molar refractivity (Wildman–Crippen MR) is 69.4 cm³/mol. The van der Waals surface area contributed by atoms with Gasteiger partial charge < -0.3 is 10.0 Å². The summed E-state index contributed by atoms with van der Waals surface area (Å²) in [5.41, 5.74) is 0.548. The molecule has 1 aromatic carbocycles. The number of carboxylic acids is 1. The molecule has 0 aromatic heterocycles. The lowest BCUT2D eigenvalue weighted by Crippen LogP contribution is -2.16. The Morgan fingerprint density at radius 3 is 2.84 bits per heavy atom. The third-order valence-electron chi connectivity index (χ3n) is 3.53. The van der Waals surface area contributed by atoms with E-state index in [1.807, 2.05) is 7.05 Å². The van der Waals surface area contributed by atoms with Crippen molar-refractivity contribution in [3.8, 4) is 0 Å². The monoisotopic (exact) mass is 264 g/mol. The fourth-order valence-corrected chi connectivity index (χ4v) is 2.56. The van der Waals surface area contributed by atoms with E-state index in [0.717, 1.165) is 25.6 Å². The van der Waals surface area contributed by atoms with Gasteiger partial charge in [-0.05, 0) is 37.9 Å². The average molecular weight is 264 g/mol. The zero-order valence-corrected chi connectivity index (χ0v) is 10.7. The summed E-state index contributed by atoms with van der Waals surface area (Å²) < 4.78 is 0. The molecule has 1 atom stereocenters. The molecular formula is C13H16N2O4. The smallest absolute Gasteiger partial charge is 0.336 e. The van der Waals surface area contributed by atoms with Crippen LogP contribution < -0.4 is 0 Å². The molecule has 19 heavy (non-hydrogen) atoms. The number of likely N-dealkylation sites (tertiary alicyclic amines) is 1. The van der Waals surface area contributed by atoms with Crippen molar-refractivity contribution in [2.45, 2.75) is 12.8 Å². The van der Waals surface area contributed by atoms with Crippen LogP contribution in [0.5, 0.6) is 0 Å². The Morgan fingerprint density at radius 1 is 1.58 bits per heavy atom. The van der Waals surface area contributed by atoms with Gasteiger partial charge in [0.15, 0.2) is 0 Å². The van der Waals surface area contributed by atoms with Gasteiger partial charge in [0.05, 0.1) is 10.5 Å². The van der Waals surface area contributed by atoms with E-state index in [0.29, 0.717) is 17.9 Å². The number of nitro benzene ring substituents is 1. The Morgan fingerprint density at radius 2 is 2.32 bits per heavy atom. The molecule has 0 bridgehead atoms. The van der Waals surface area contributed by atoms with Gasteiger partial charge in [-0.25, -0.2) is 4.79 Å². The Kier molecular flexibility index (Phi) is 3.80. The molecule has 1 heterocycles. The van der Waals surface area contributed by atoms with Gasteiger partial charge in [-0.15, -0.1) is 0 Å². The molecule has 0 amide bonds. The van der Waals surface area contributed by atoms with E-state index in [-0.39, 0.29) is 11.3 Å². The first-order chi connectivity index (χ1) is 8.97. The standard InChI is InChI=1S/C13H16N2O4/c1-14-5-4-9(8-14)6-10-2-3-11(15(18)19)7-12(10)13(16)17/h2-3,7,9H,4-6,8H2,1H3,(H,16,17). The highest BCUT2D eigenvalue weighted by Gasteiger charge is 2.23. The topological polar surface area (TPSA) is 83.7 Å². The SMILES string of the molecule is CN1CCC(Cc2ccc([N+](=O)[O-])cc2C(=O)O)C1. The van der Waals surface area contributed by atoms with E-state index in [1.54, 1.807) is 6.07 Å². The number of aromatic carboxylic acids is 1. The van der Waals surface area contributed by atoms with Crippen molar-refractivity contribution in [1.29, 1.82) is 0 Å². The quantitative estimate of drug-likeness (QED) is 0.662. The van der Waals surface area contributed by atoms with Crippen molar-refractivity contribution in [1.82, 2.24) is 4.90 Å². The first-order valence-corrected chi connectivity index (χ1v) is 6.16. The van der Waals surface area contributed by atoms with Crippen molar-refractivity contribution >= 4 is 11.7 Å². The Balaban J connectivity index is 2.24. The number of nitrogens with zero attached hydrogens (tertiary/aromatic N) is 2. The second-order valence-electron chi connectivity index (χ2n) is 5.02. The van der Waals surface area contributed by atoms with Crippen molar-refractivity contribution in [3.63, 3.8) is 0 Å². The van der Waals surface area contributed by atoms with Crippen LogP contribution in [0.3, 0.4) is 0 Å². The molecular weight excluding hydrogens is 248 g/mol. The van der Waals surface area contributed by atoms with E-state index < -0.39 is 10.9 Å². The van der Waals surface area contributed by atoms with Crippen molar-refractivity contribution < 1.29 is 14.8 Å². The van der Waals surface area contributed by atoms with Gasteiger partial charge >= 0.3 is 5.97 Å². The van der Waals surface area contributed by atoms with Gasteiger partial charge in [0.25, 0.3) is 5.69 Å². The van der Waals surface area contributed by atoms with E-state index in [4.69, 9.17) is 5.11 Å². The van der Waals surface area contributed by atoms with E-state index in [1.165, 1.54) is 6.07 Å². The van der Waals surface area contributed by atoms with E-state index >= 15 is 0 Å². The summed E-state index contributed by atoms with van der Waals surface area (Å²) in [6, 6.07) is 4.09. The molecule has 0 radical (unpaired) electrons. The van der Waals surface area contributed by atoms with Crippen molar-refractivity contribution in [2.75, 3.05) is 20.1 Å². The molecule has 0 saturated carbocycles. The highest BCUT2D eigenvalue weighted by molar-refractivity contribution is 5.90. The first-order valence-electron chi connectivity index (χ1n) is 6.16. The second kappa shape index (κ2) is 5.36. The fourth-order valence-electron chi connectivity index (χ4n) is 2.56. The molecule has 6 heteroatoms. The first kappa shape index (κ1) is 13.5. The summed E-state index contributed by atoms with van der Waals surface area (Å²) in [7, 11) is 2.04. The molecule has 0 spiro atoms. The number of carbonyl (C=O) groups is 1. The van der Waals surface area contributed by atoms with Crippen LogP contribution >= 0.6 is 0 Å². The van der Waals surface area contributed by atoms with Crippen LogP contribution in [-0.2, 0) is 6.42 Å². The highest BCUT2D eigenvalue weighted by Crippen LogP contribution is 2.24. The summed E-state index contributed by atoms with van der Waals surface area (Å²) >= 11 is 0. The minimum atomic E-state index is -1.11. The molecule has 1 fully saturated rings. The largest absolute Gasteiger partial charge is 0.478 e. The Hall–Kier alpha value is -1.95. The Bertz CT molecular complexity index is 515. The van der Waals surface area contributed by atoms with E-state index in [9.17, 15) is 14.9 Å². The number of hydrogen-bond donors (Lipinski definition) is 1. The maximum Gasteiger partial charge on any atom is 0.336 e. The van der Waals surface area contributed by atoms with Crippen LogP contribution in [0.15, 0.2) is 18.2 Å². The third kappa shape index (κ3) is 3.08. The van der Waals surface area contributed by atoms with Gasteiger partial charge in [-0.1, -0.05) is 6.07 Å². The fraction of sp³-hybridized carbons (Fsp3) is 0.462. The van der Waals surface area contributed by atoms with Crippen LogP contribution in [0.2, 0.25) is 0 Å². The zero-order chi connectivity index (χ0) is 14.0. The summed E-state index contributed by atoms with van der Waals surface area (Å²) in [5.74, 6) is -0.686. The predicted octanol–water partition coefficient (Wildman–Crippen LogP) is 1.79. The average Bonchev–Trinajstić information content (AvgIpc) is 2.74. The van der Waals surface area contributed by atoms with Crippen LogP contribution in [0.4, 0.5) is 5.69 Å². The molecule has 6 nitrogen and oxygen atoms in total. The van der Waals surface area contributed by atoms with Crippen molar-refractivity contribution in [3.05, 3.63) is 39.4 Å². The van der Waals surface area contributed by atoms with Crippen molar-refractivity contribution in [2.24, 2.45) is 5.92 Å². The second-order valence-corrected chi connectivity index (χ2v) is 5.02. The number of benzene rings is 1. The van der Waals surface area contributed by atoms with Crippen LogP contribution in [0, 0.1) is 16.0 Å². The normalized spacial score (nSPS) is 19.5. The summed E-state index contributed by atoms with van der Waals surface area (Å²) in [6.07, 6.45) is 1.69. The molecule has 1 aliphatic rings. The molecule has 1 aliphatic heterocycles. The number of nitro groups is 1. The molecule has 1 N–H and O–H groups in total. The molecule has 1 aromatic rings. The van der Waals surface area contributed by atoms with Crippen LogP contribution in [0.25, 0.3) is 0 Å². The lowest BCUT2D eigenvalue weighted by Gasteiger charge is -2.12. The zero-order valence-electron chi connectivity index (χ0n) is 10.7. The lowest BCUT2D eigenvalue weighted by atomic mass is 9.94. The van der Waals surface area contributed by atoms with Gasteiger partial charge in [0, 0.05) is 18.7 Å². The molecule has 102 valence electrons. The molecule has 1 unspecified atom stereocenters. The number of hydrogen-bond acceptors (Lipinski definition) is 4. The Labute approximate surface area is 110 Å². The maximum absolute atomic E-state index is 11.2. The maximum atomic E-state index is 11.2.